The molecule has 2 rings (SSSR count). The van der Waals surface area contributed by atoms with Gasteiger partial charge in [-0.05, 0) is 44.1 Å². The van der Waals surface area contributed by atoms with Gasteiger partial charge in [0.15, 0.2) is 0 Å². The Morgan fingerprint density at radius 2 is 1.86 bits per heavy atom. The van der Waals surface area contributed by atoms with Gasteiger partial charge in [0, 0.05) is 19.4 Å². The molecule has 0 aromatic heterocycles. The van der Waals surface area contributed by atoms with E-state index >= 15 is 0 Å². The van der Waals surface area contributed by atoms with Crippen LogP contribution >= 0.6 is 0 Å². The predicted molar refractivity (Wildman–Crippen MR) is 115 cm³/mol. The SMILES string of the molecule is O=C(O)CCCCCCN1C(=O)CCC1/C=C/[C@H](O)CCCCc1ccccc1. The summed E-state index contributed by atoms with van der Waals surface area (Å²) >= 11 is 0. The minimum Gasteiger partial charge on any atom is -0.481 e. The molecule has 0 saturated carbocycles. The molecule has 1 amide bonds. The van der Waals surface area contributed by atoms with E-state index in [0.717, 1.165) is 51.4 Å². The Morgan fingerprint density at radius 1 is 1.10 bits per heavy atom. The number of amides is 1. The summed E-state index contributed by atoms with van der Waals surface area (Å²) in [5, 5.41) is 18.9. The fourth-order valence-corrected chi connectivity index (χ4v) is 3.84. The van der Waals surface area contributed by atoms with Gasteiger partial charge in [-0.1, -0.05) is 61.7 Å². The summed E-state index contributed by atoms with van der Waals surface area (Å²) in [5.74, 6) is -0.564. The van der Waals surface area contributed by atoms with Crippen molar-refractivity contribution in [2.45, 2.75) is 82.8 Å². The summed E-state index contributed by atoms with van der Waals surface area (Å²) in [6.45, 7) is 0.716. The third-order valence-electron chi connectivity index (χ3n) is 5.53. The molecule has 1 aromatic rings. The number of carboxylic acids is 1. The normalized spacial score (nSPS) is 17.9. The molecule has 0 spiro atoms. The number of aryl methyl sites for hydroxylation is 1. The Kier molecular flexibility index (Phi) is 10.5. The van der Waals surface area contributed by atoms with Crippen LogP contribution in [0.15, 0.2) is 42.5 Å². The van der Waals surface area contributed by atoms with Crippen molar-refractivity contribution in [1.82, 2.24) is 4.90 Å². The highest BCUT2D eigenvalue weighted by molar-refractivity contribution is 5.79. The number of unbranched alkanes of at least 4 members (excludes halogenated alkanes) is 4. The van der Waals surface area contributed by atoms with Crippen LogP contribution in [0, 0.1) is 0 Å². The molecule has 1 aromatic carbocycles. The van der Waals surface area contributed by atoms with Crippen LogP contribution in [0.25, 0.3) is 0 Å². The number of carbonyl (C=O) groups is 2. The third kappa shape index (κ3) is 9.27. The van der Waals surface area contributed by atoms with Gasteiger partial charge in [0.05, 0.1) is 12.1 Å². The molecule has 1 fully saturated rings. The second-order valence-electron chi connectivity index (χ2n) is 7.93. The number of aliphatic hydroxyl groups is 1. The molecule has 0 aliphatic carbocycles. The van der Waals surface area contributed by atoms with Gasteiger partial charge in [-0.15, -0.1) is 0 Å². The maximum absolute atomic E-state index is 12.1. The van der Waals surface area contributed by atoms with Crippen molar-refractivity contribution in [3.63, 3.8) is 0 Å². The van der Waals surface area contributed by atoms with E-state index in [4.69, 9.17) is 5.11 Å². The average Bonchev–Trinajstić information content (AvgIpc) is 3.06. The fourth-order valence-electron chi connectivity index (χ4n) is 3.84. The standard InChI is InChI=1S/C24H35NO4/c26-22(13-8-7-12-20-10-4-3-5-11-20)17-15-21-16-18-23(27)25(21)19-9-2-1-6-14-24(28)29/h3-5,10-11,15,17,21-22,26H,1-2,6-9,12-14,16,18-19H2,(H,28,29)/b17-15+/t21?,22-/m1/s1. The first-order valence-corrected chi connectivity index (χ1v) is 11.0. The number of carbonyl (C=O) groups excluding carboxylic acids is 1. The van der Waals surface area contributed by atoms with Gasteiger partial charge in [0.25, 0.3) is 0 Å². The van der Waals surface area contributed by atoms with Crippen LogP contribution in [0.1, 0.15) is 69.8 Å². The van der Waals surface area contributed by atoms with E-state index in [1.807, 2.05) is 23.1 Å². The lowest BCUT2D eigenvalue weighted by Crippen LogP contribution is -2.32. The zero-order valence-electron chi connectivity index (χ0n) is 17.3. The lowest BCUT2D eigenvalue weighted by atomic mass is 10.0. The minimum atomic E-state index is -0.747. The van der Waals surface area contributed by atoms with Gasteiger partial charge in [-0.3, -0.25) is 9.59 Å². The van der Waals surface area contributed by atoms with Crippen molar-refractivity contribution in [3.05, 3.63) is 48.0 Å². The van der Waals surface area contributed by atoms with E-state index in [1.165, 1.54) is 5.56 Å². The van der Waals surface area contributed by atoms with Crippen molar-refractivity contribution in [3.8, 4) is 0 Å². The number of likely N-dealkylation sites (tertiary alicyclic amines) is 1. The molecule has 160 valence electrons. The quantitative estimate of drug-likeness (QED) is 0.359. The molecule has 2 atom stereocenters. The number of hydrogen-bond acceptors (Lipinski definition) is 3. The van der Waals surface area contributed by atoms with Gasteiger partial charge in [0.2, 0.25) is 5.91 Å². The maximum atomic E-state index is 12.1. The monoisotopic (exact) mass is 401 g/mol. The number of rotatable bonds is 14. The van der Waals surface area contributed by atoms with Gasteiger partial charge < -0.3 is 15.1 Å². The van der Waals surface area contributed by atoms with E-state index in [-0.39, 0.29) is 18.4 Å². The topological polar surface area (TPSA) is 77.8 Å². The van der Waals surface area contributed by atoms with Crippen LogP contribution < -0.4 is 0 Å². The van der Waals surface area contributed by atoms with E-state index in [2.05, 4.69) is 24.3 Å². The minimum absolute atomic E-state index is 0.0838. The van der Waals surface area contributed by atoms with Crippen molar-refractivity contribution < 1.29 is 19.8 Å². The van der Waals surface area contributed by atoms with Crippen LogP contribution in [0.3, 0.4) is 0 Å². The Hall–Kier alpha value is -2.14. The van der Waals surface area contributed by atoms with Crippen molar-refractivity contribution >= 4 is 11.9 Å². The number of hydrogen-bond donors (Lipinski definition) is 2. The average molecular weight is 402 g/mol. The second-order valence-corrected chi connectivity index (χ2v) is 7.93. The number of aliphatic carboxylic acids is 1. The summed E-state index contributed by atoms with van der Waals surface area (Å²) in [6.07, 6.45) is 12.2. The Balaban J connectivity index is 1.63. The predicted octanol–water partition coefficient (Wildman–Crippen LogP) is 4.34. The molecule has 1 unspecified atom stereocenters. The summed E-state index contributed by atoms with van der Waals surface area (Å²) < 4.78 is 0. The number of aliphatic hydroxyl groups excluding tert-OH is 1. The first-order valence-electron chi connectivity index (χ1n) is 11.0. The molecule has 5 nitrogen and oxygen atoms in total. The van der Waals surface area contributed by atoms with Crippen molar-refractivity contribution in [1.29, 1.82) is 0 Å². The highest BCUT2D eigenvalue weighted by atomic mass is 16.4. The van der Waals surface area contributed by atoms with E-state index in [9.17, 15) is 14.7 Å². The molecule has 29 heavy (non-hydrogen) atoms. The number of benzene rings is 1. The number of nitrogens with zero attached hydrogens (tertiary/aromatic N) is 1. The zero-order chi connectivity index (χ0) is 20.9. The van der Waals surface area contributed by atoms with Gasteiger partial charge in [-0.25, -0.2) is 0 Å². The van der Waals surface area contributed by atoms with E-state index in [1.54, 1.807) is 0 Å². The molecule has 5 heteroatoms. The van der Waals surface area contributed by atoms with Crippen LogP contribution in [-0.2, 0) is 16.0 Å². The van der Waals surface area contributed by atoms with E-state index < -0.39 is 12.1 Å². The van der Waals surface area contributed by atoms with Gasteiger partial charge in [-0.2, -0.15) is 0 Å². The van der Waals surface area contributed by atoms with Crippen molar-refractivity contribution in [2.24, 2.45) is 0 Å². The van der Waals surface area contributed by atoms with Gasteiger partial charge >= 0.3 is 5.97 Å². The summed E-state index contributed by atoms with van der Waals surface area (Å²) in [7, 11) is 0. The largest absolute Gasteiger partial charge is 0.481 e. The molecular formula is C24H35NO4. The Labute approximate surface area is 174 Å². The molecular weight excluding hydrogens is 366 g/mol. The first kappa shape index (κ1) is 23.1. The number of carboxylic acid groups (broad SMARTS) is 1. The van der Waals surface area contributed by atoms with Crippen LogP contribution in [-0.4, -0.2) is 45.7 Å². The molecule has 1 aliphatic heterocycles. The van der Waals surface area contributed by atoms with Crippen LogP contribution in [0.4, 0.5) is 0 Å². The Morgan fingerprint density at radius 3 is 2.62 bits per heavy atom. The van der Waals surface area contributed by atoms with Crippen LogP contribution in [0.5, 0.6) is 0 Å². The Bertz CT molecular complexity index is 644. The zero-order valence-corrected chi connectivity index (χ0v) is 17.3. The molecule has 0 bridgehead atoms. The van der Waals surface area contributed by atoms with Gasteiger partial charge in [0.1, 0.15) is 0 Å². The lowest BCUT2D eigenvalue weighted by Gasteiger charge is -2.22. The highest BCUT2D eigenvalue weighted by Gasteiger charge is 2.28. The van der Waals surface area contributed by atoms with E-state index in [0.29, 0.717) is 19.4 Å². The summed E-state index contributed by atoms with van der Waals surface area (Å²) in [4.78, 5) is 24.6. The fraction of sp³-hybridized carbons (Fsp3) is 0.583. The van der Waals surface area contributed by atoms with Crippen molar-refractivity contribution in [2.75, 3.05) is 6.54 Å². The third-order valence-corrected chi connectivity index (χ3v) is 5.53. The highest BCUT2D eigenvalue weighted by Crippen LogP contribution is 2.21. The molecule has 1 saturated heterocycles. The summed E-state index contributed by atoms with van der Waals surface area (Å²) in [5.41, 5.74) is 1.33. The molecule has 0 radical (unpaired) electrons. The smallest absolute Gasteiger partial charge is 0.303 e. The molecule has 1 aliphatic rings. The first-order chi connectivity index (χ1) is 14.1. The molecule has 2 N–H and O–H groups in total. The lowest BCUT2D eigenvalue weighted by molar-refractivity contribution is -0.137. The molecule has 1 heterocycles. The second kappa shape index (κ2) is 13.2. The maximum Gasteiger partial charge on any atom is 0.303 e. The van der Waals surface area contributed by atoms with Crippen LogP contribution in [0.2, 0.25) is 0 Å². The summed E-state index contributed by atoms with van der Waals surface area (Å²) in [6, 6.07) is 10.5.